The van der Waals surface area contributed by atoms with Crippen LogP contribution in [0.2, 0.25) is 0 Å². The third kappa shape index (κ3) is 8.74. The summed E-state index contributed by atoms with van der Waals surface area (Å²) in [5.74, 6) is 0. The Morgan fingerprint density at radius 2 is 0.557 bits per heavy atom. The lowest BCUT2D eigenvalue weighted by molar-refractivity contribution is 1.18. The third-order valence-corrected chi connectivity index (χ3v) is 21.1. The topological polar surface area (TPSA) is 56.4 Å². The number of thiazole rings is 1. The highest BCUT2D eigenvalue weighted by atomic mass is 32.1. The number of benzene rings is 14. The predicted molar refractivity (Wildman–Crippen MR) is 408 cm³/mol. The van der Waals surface area contributed by atoms with Crippen molar-refractivity contribution < 1.29 is 0 Å². The van der Waals surface area contributed by atoms with Crippen LogP contribution >= 0.6 is 11.3 Å². The highest BCUT2D eigenvalue weighted by Gasteiger charge is 2.31. The number of nitrogens with zero attached hydrogens (tertiary/aromatic N) is 6. The van der Waals surface area contributed by atoms with Gasteiger partial charge in [-0.2, -0.15) is 5.26 Å². The number of para-hydroxylation sites is 5. The first-order valence-electron chi connectivity index (χ1n) is 33.1. The van der Waals surface area contributed by atoms with Crippen molar-refractivity contribution in [1.29, 1.82) is 5.26 Å². The molecule has 0 amide bonds. The van der Waals surface area contributed by atoms with Gasteiger partial charge >= 0.3 is 0 Å². The Bertz CT molecular complexity index is 6490. The first-order valence-corrected chi connectivity index (χ1v) is 34.0. The van der Waals surface area contributed by atoms with Crippen molar-refractivity contribution in [3.05, 3.63) is 319 Å². The van der Waals surface area contributed by atoms with E-state index < -0.39 is 0 Å². The Labute approximate surface area is 564 Å². The zero-order chi connectivity index (χ0) is 64.7. The maximum absolute atomic E-state index is 12.6. The normalized spacial score (nSPS) is 11.9. The minimum atomic E-state index is 0.562. The van der Waals surface area contributed by atoms with Crippen molar-refractivity contribution in [2.24, 2.45) is 0 Å². The van der Waals surface area contributed by atoms with E-state index in [9.17, 15) is 5.26 Å². The van der Waals surface area contributed by atoms with Gasteiger partial charge in [0, 0.05) is 88.1 Å². The molecule has 19 aromatic rings. The van der Waals surface area contributed by atoms with Crippen molar-refractivity contribution in [3.63, 3.8) is 0 Å². The highest BCUT2D eigenvalue weighted by Crippen LogP contribution is 2.55. The maximum atomic E-state index is 12.6. The summed E-state index contributed by atoms with van der Waals surface area (Å²) >= 11 is 1.68. The maximum Gasteiger partial charge on any atom is 0.125 e. The van der Waals surface area contributed by atoms with E-state index in [0.717, 1.165) is 132 Å². The summed E-state index contributed by atoms with van der Waals surface area (Å²) in [5, 5.41) is 23.2. The first-order chi connectivity index (χ1) is 47.7. The molecule has 0 unspecified atom stereocenters. The summed E-state index contributed by atoms with van der Waals surface area (Å²) in [4.78, 5) is 5.64. The Hall–Kier alpha value is -12.3. The molecule has 0 aliphatic heterocycles. The second kappa shape index (κ2) is 21.9. The van der Waals surface area contributed by atoms with Gasteiger partial charge in [-0.15, -0.1) is 11.3 Å². The van der Waals surface area contributed by atoms with Crippen molar-refractivity contribution in [2.75, 3.05) is 0 Å². The number of fused-ring (bicyclic) bond motifs is 13. The van der Waals surface area contributed by atoms with Crippen LogP contribution in [0.4, 0.5) is 0 Å². The molecule has 456 valence electrons. The molecule has 97 heavy (non-hydrogen) atoms. The van der Waals surface area contributed by atoms with E-state index in [4.69, 9.17) is 4.98 Å². The van der Waals surface area contributed by atoms with E-state index >= 15 is 0 Å². The van der Waals surface area contributed by atoms with Gasteiger partial charge < -0.3 is 18.3 Å². The molecule has 6 nitrogen and oxygen atoms in total. The Kier molecular flexibility index (Phi) is 12.7. The lowest BCUT2D eigenvalue weighted by atomic mass is 9.77. The second-order valence-corrected chi connectivity index (χ2v) is 27.1. The van der Waals surface area contributed by atoms with Gasteiger partial charge in [-0.3, -0.25) is 0 Å². The van der Waals surface area contributed by atoms with Crippen LogP contribution in [0.25, 0.3) is 175 Å². The van der Waals surface area contributed by atoms with Gasteiger partial charge in [0.1, 0.15) is 11.1 Å². The molecule has 0 bridgehead atoms. The minimum absolute atomic E-state index is 0.562. The summed E-state index contributed by atoms with van der Waals surface area (Å²) < 4.78 is 10.6. The van der Waals surface area contributed by atoms with Crippen LogP contribution in [0, 0.1) is 39.0 Å². The lowest BCUT2D eigenvalue weighted by Crippen LogP contribution is -2.03. The van der Waals surface area contributed by atoms with E-state index in [1.807, 2.05) is 0 Å². The molecule has 0 fully saturated rings. The zero-order valence-corrected chi connectivity index (χ0v) is 54.6. The molecule has 19 rings (SSSR count). The van der Waals surface area contributed by atoms with Crippen molar-refractivity contribution >= 4 is 109 Å². The van der Waals surface area contributed by atoms with Gasteiger partial charge in [0.05, 0.1) is 59.9 Å². The van der Waals surface area contributed by atoms with E-state index in [1.54, 1.807) is 11.3 Å². The summed E-state index contributed by atoms with van der Waals surface area (Å²) in [7, 11) is 0. The molecule has 5 heterocycles. The minimum Gasteiger partial charge on any atom is -0.309 e. The summed E-state index contributed by atoms with van der Waals surface area (Å²) in [5.41, 5.74) is 27.9. The summed E-state index contributed by atoms with van der Waals surface area (Å²) in [6.07, 6.45) is 0. The van der Waals surface area contributed by atoms with E-state index in [2.05, 4.69) is 343 Å². The fraction of sp³-hybridized carbons (Fsp3) is 0.0444. The zero-order valence-electron chi connectivity index (χ0n) is 53.8. The molecule has 0 spiro atoms. The summed E-state index contributed by atoms with van der Waals surface area (Å²) in [6, 6.07) is 109. The van der Waals surface area contributed by atoms with Crippen molar-refractivity contribution in [3.8, 4) is 83.9 Å². The number of hydrogen-bond donors (Lipinski definition) is 0. The standard InChI is InChI=1S/C90H60N6S/c1-54-25-45-80-70(49-54)66-15-5-10-20-76(66)93(80)62-37-29-58(30-38-62)85-74(53-91)86(59-31-39-63(40-32-59)94-77-21-11-6-16-67(77)71-50-55(2)26-46-81(71)94)89(90-92-75-19-9-14-24-84(75)97-90)88(61-35-43-65(44-36-61)96-79-23-13-8-18-69(79)73-52-57(4)28-48-83(73)96)87(85)60-33-41-64(42-34-60)95-78-22-12-7-17-68(78)72-51-56(3)27-47-82(72)95/h5-52H,1-4H3. The fourth-order valence-electron chi connectivity index (χ4n) is 15.8. The van der Waals surface area contributed by atoms with Crippen LogP contribution < -0.4 is 0 Å². The predicted octanol–water partition coefficient (Wildman–Crippen LogP) is 24.1. The highest BCUT2D eigenvalue weighted by molar-refractivity contribution is 7.21. The molecule has 0 aliphatic rings. The molecular weight excluding hydrogens is 1200 g/mol. The molecule has 7 heteroatoms. The Morgan fingerprint density at radius 3 is 0.887 bits per heavy atom. The second-order valence-electron chi connectivity index (χ2n) is 26.0. The molecule has 0 saturated heterocycles. The molecule has 0 aliphatic carbocycles. The summed E-state index contributed by atoms with van der Waals surface area (Å²) in [6.45, 7) is 8.66. The van der Waals surface area contributed by atoms with Crippen LogP contribution in [0.3, 0.4) is 0 Å². The van der Waals surface area contributed by atoms with Crippen molar-refractivity contribution in [1.82, 2.24) is 23.3 Å². The van der Waals surface area contributed by atoms with Crippen LogP contribution in [-0.2, 0) is 0 Å². The quantitative estimate of drug-likeness (QED) is 0.145. The van der Waals surface area contributed by atoms with Crippen molar-refractivity contribution in [2.45, 2.75) is 27.7 Å². The lowest BCUT2D eigenvalue weighted by Gasteiger charge is -2.26. The number of rotatable bonds is 9. The van der Waals surface area contributed by atoms with Gasteiger partial charge in [0.2, 0.25) is 0 Å². The van der Waals surface area contributed by atoms with Gasteiger partial charge in [0.15, 0.2) is 0 Å². The van der Waals surface area contributed by atoms with Crippen LogP contribution in [0.1, 0.15) is 27.8 Å². The number of aromatic nitrogens is 5. The average molecular weight is 1260 g/mol. The fourth-order valence-corrected chi connectivity index (χ4v) is 16.8. The van der Waals surface area contributed by atoms with Gasteiger partial charge in [-0.1, -0.05) is 180 Å². The monoisotopic (exact) mass is 1260 g/mol. The number of nitriles is 1. The largest absolute Gasteiger partial charge is 0.309 e. The number of aryl methyl sites for hydroxylation is 4. The molecule has 0 saturated carbocycles. The van der Waals surface area contributed by atoms with Gasteiger partial charge in [-0.05, 0) is 189 Å². The molecular formula is C90H60N6S. The molecule has 0 radical (unpaired) electrons. The average Bonchev–Trinajstić information content (AvgIpc) is 1.06. The van der Waals surface area contributed by atoms with Crippen LogP contribution in [0.5, 0.6) is 0 Å². The first kappa shape index (κ1) is 56.2. The van der Waals surface area contributed by atoms with Gasteiger partial charge in [-0.25, -0.2) is 4.98 Å². The molecule has 0 atom stereocenters. The van der Waals surface area contributed by atoms with Crippen LogP contribution in [-0.4, -0.2) is 23.3 Å². The Morgan fingerprint density at radius 1 is 0.278 bits per heavy atom. The SMILES string of the molecule is Cc1ccc2c(c1)c1ccccc1n2-c1ccc(-c2c(C#N)c(-c3ccc(-n4c5ccccc5c5cc(C)ccc54)cc3)c(-c3nc4ccccc4s3)c(-c3ccc(-n4c5ccccc5c5cc(C)ccc54)cc3)c2-c2ccc(-n3c4ccccc4c4cc(C)ccc43)cc2)cc1. The van der Waals surface area contributed by atoms with Crippen LogP contribution in [0.15, 0.2) is 291 Å². The molecule has 0 N–H and O–H groups in total. The van der Waals surface area contributed by atoms with Gasteiger partial charge in [0.25, 0.3) is 0 Å². The van der Waals surface area contributed by atoms with E-state index in [0.29, 0.717) is 5.56 Å². The smallest absolute Gasteiger partial charge is 0.125 e. The molecule has 14 aromatic carbocycles. The Balaban J connectivity index is 0.919. The third-order valence-electron chi connectivity index (χ3n) is 20.1. The molecule has 5 aromatic heterocycles. The van der Waals surface area contributed by atoms with E-state index in [1.165, 1.54) is 65.3 Å². The number of hydrogen-bond acceptors (Lipinski definition) is 3. The van der Waals surface area contributed by atoms with E-state index in [-0.39, 0.29) is 0 Å².